The number of hydrogen-bond acceptors (Lipinski definition) is 5. The van der Waals surface area contributed by atoms with Crippen molar-refractivity contribution in [3.05, 3.63) is 24.3 Å². The first kappa shape index (κ1) is 19.4. The van der Waals surface area contributed by atoms with E-state index in [2.05, 4.69) is 16.5 Å². The summed E-state index contributed by atoms with van der Waals surface area (Å²) in [6.07, 6.45) is 4.23. The predicted molar refractivity (Wildman–Crippen MR) is 94.2 cm³/mol. The van der Waals surface area contributed by atoms with Gasteiger partial charge in [0.15, 0.2) is 9.84 Å². The molecule has 2 rings (SSSR count). The number of piperidine rings is 1. The minimum Gasteiger partial charge on any atom is -0.303 e. The fourth-order valence-corrected chi connectivity index (χ4v) is 4.65. The van der Waals surface area contributed by atoms with Crippen LogP contribution in [0.2, 0.25) is 0 Å². The summed E-state index contributed by atoms with van der Waals surface area (Å²) in [4.78, 5) is 2.62. The van der Waals surface area contributed by atoms with E-state index in [0.717, 1.165) is 45.2 Å². The summed E-state index contributed by atoms with van der Waals surface area (Å²) in [6.45, 7) is 5.73. The van der Waals surface area contributed by atoms with Gasteiger partial charge in [-0.05, 0) is 69.1 Å². The first-order valence-corrected chi connectivity index (χ1v) is 11.6. The third-order valence-corrected chi connectivity index (χ3v) is 6.94. The molecule has 6 nitrogen and oxygen atoms in total. The van der Waals surface area contributed by atoms with E-state index in [9.17, 15) is 16.8 Å². The monoisotopic (exact) mass is 374 g/mol. The van der Waals surface area contributed by atoms with E-state index in [0.29, 0.717) is 12.5 Å². The van der Waals surface area contributed by atoms with Crippen molar-refractivity contribution in [1.29, 1.82) is 0 Å². The molecule has 1 aromatic carbocycles. The van der Waals surface area contributed by atoms with Gasteiger partial charge in [0.05, 0.1) is 9.79 Å². The highest BCUT2D eigenvalue weighted by molar-refractivity contribution is 7.90. The van der Waals surface area contributed by atoms with Gasteiger partial charge in [-0.1, -0.05) is 6.92 Å². The minimum atomic E-state index is -3.60. The molecule has 1 aromatic rings. The first-order valence-electron chi connectivity index (χ1n) is 8.24. The Balaban J connectivity index is 1.92. The average molecular weight is 375 g/mol. The molecule has 1 saturated heterocycles. The van der Waals surface area contributed by atoms with E-state index < -0.39 is 19.9 Å². The number of nitrogens with zero attached hydrogens (tertiary/aromatic N) is 1. The third kappa shape index (κ3) is 5.27. The number of sulfone groups is 1. The second-order valence-corrected chi connectivity index (χ2v) is 10.2. The summed E-state index contributed by atoms with van der Waals surface area (Å²) < 4.78 is 50.2. The molecule has 136 valence electrons. The molecule has 8 heteroatoms. The third-order valence-electron chi connectivity index (χ3n) is 4.37. The van der Waals surface area contributed by atoms with Crippen LogP contribution in [0.3, 0.4) is 0 Å². The maximum absolute atomic E-state index is 12.3. The first-order chi connectivity index (χ1) is 11.2. The molecular formula is C16H26N2O4S2. The number of sulfonamides is 1. The average Bonchev–Trinajstić information content (AvgIpc) is 2.54. The molecule has 0 unspecified atom stereocenters. The van der Waals surface area contributed by atoms with Crippen molar-refractivity contribution in [1.82, 2.24) is 9.62 Å². The van der Waals surface area contributed by atoms with Crippen molar-refractivity contribution in [2.75, 3.05) is 32.4 Å². The van der Waals surface area contributed by atoms with Gasteiger partial charge < -0.3 is 4.90 Å². The number of likely N-dealkylation sites (tertiary alicyclic amines) is 1. The van der Waals surface area contributed by atoms with Crippen molar-refractivity contribution < 1.29 is 16.8 Å². The molecule has 24 heavy (non-hydrogen) atoms. The number of hydrogen-bond donors (Lipinski definition) is 1. The Morgan fingerprint density at radius 1 is 1.04 bits per heavy atom. The van der Waals surface area contributed by atoms with Gasteiger partial charge >= 0.3 is 0 Å². The van der Waals surface area contributed by atoms with Crippen LogP contribution in [0.15, 0.2) is 34.1 Å². The molecule has 0 atom stereocenters. The van der Waals surface area contributed by atoms with Crippen LogP contribution >= 0.6 is 0 Å². The molecule has 0 bridgehead atoms. The van der Waals surface area contributed by atoms with Crippen LogP contribution in [0.1, 0.15) is 26.2 Å². The molecule has 0 amide bonds. The Kier molecular flexibility index (Phi) is 6.41. The second-order valence-electron chi connectivity index (χ2n) is 6.38. The molecule has 1 heterocycles. The summed E-state index contributed by atoms with van der Waals surface area (Å²) in [6, 6.07) is 5.32. The zero-order chi connectivity index (χ0) is 17.8. The molecule has 0 saturated carbocycles. The van der Waals surface area contributed by atoms with E-state index in [4.69, 9.17) is 0 Å². The van der Waals surface area contributed by atoms with Crippen LogP contribution < -0.4 is 4.72 Å². The number of nitrogens with one attached hydrogen (secondary N) is 1. The Bertz CT molecular complexity index is 735. The highest BCUT2D eigenvalue weighted by atomic mass is 32.2. The number of benzene rings is 1. The predicted octanol–water partition coefficient (Wildman–Crippen LogP) is 1.49. The summed E-state index contributed by atoms with van der Waals surface area (Å²) in [5.41, 5.74) is 0. The van der Waals surface area contributed by atoms with E-state index in [1.165, 1.54) is 24.3 Å². The zero-order valence-electron chi connectivity index (χ0n) is 14.2. The fourth-order valence-electron chi connectivity index (χ4n) is 2.91. The quantitative estimate of drug-likeness (QED) is 0.782. The van der Waals surface area contributed by atoms with E-state index in [1.807, 2.05) is 0 Å². The summed E-state index contributed by atoms with van der Waals surface area (Å²) in [5.74, 6) is 0.350. The molecule has 0 spiro atoms. The van der Waals surface area contributed by atoms with Crippen LogP contribution in [-0.2, 0) is 19.9 Å². The van der Waals surface area contributed by atoms with Gasteiger partial charge in [0.2, 0.25) is 10.0 Å². The van der Waals surface area contributed by atoms with Gasteiger partial charge in [0.1, 0.15) is 0 Å². The minimum absolute atomic E-state index is 0.0957. The molecule has 1 aliphatic heterocycles. The van der Waals surface area contributed by atoms with Gasteiger partial charge in [-0.25, -0.2) is 21.6 Å². The van der Waals surface area contributed by atoms with Gasteiger partial charge in [0, 0.05) is 12.8 Å². The normalized spacial score (nSPS) is 17.9. The van der Waals surface area contributed by atoms with Crippen LogP contribution in [0.5, 0.6) is 0 Å². The Labute approximate surface area is 145 Å². The standard InChI is InChI=1S/C16H26N2O4S2/c1-3-10-18-11-8-14(9-12-18)13-17-24(21,22)16-6-4-15(5-7-16)23(2,19)20/h4-7,14,17H,3,8-13H2,1-2H3. The Hall–Kier alpha value is -0.960. The van der Waals surface area contributed by atoms with Crippen LogP contribution in [0, 0.1) is 5.92 Å². The van der Waals surface area contributed by atoms with Crippen molar-refractivity contribution in [2.45, 2.75) is 36.0 Å². The van der Waals surface area contributed by atoms with Gasteiger partial charge in [-0.3, -0.25) is 0 Å². The molecule has 1 N–H and O–H groups in total. The van der Waals surface area contributed by atoms with Crippen molar-refractivity contribution >= 4 is 19.9 Å². The lowest BCUT2D eigenvalue weighted by molar-refractivity contribution is 0.186. The fraction of sp³-hybridized carbons (Fsp3) is 0.625. The SMILES string of the molecule is CCCN1CCC(CNS(=O)(=O)c2ccc(S(C)(=O)=O)cc2)CC1. The lowest BCUT2D eigenvalue weighted by Crippen LogP contribution is -2.38. The maximum Gasteiger partial charge on any atom is 0.240 e. The van der Waals surface area contributed by atoms with Gasteiger partial charge in [-0.15, -0.1) is 0 Å². The highest BCUT2D eigenvalue weighted by Gasteiger charge is 2.21. The maximum atomic E-state index is 12.3. The smallest absolute Gasteiger partial charge is 0.240 e. The molecule has 0 aromatic heterocycles. The van der Waals surface area contributed by atoms with E-state index in [1.54, 1.807) is 0 Å². The van der Waals surface area contributed by atoms with Crippen LogP contribution in [0.25, 0.3) is 0 Å². The van der Waals surface area contributed by atoms with Crippen molar-refractivity contribution in [2.24, 2.45) is 5.92 Å². The summed E-state index contributed by atoms with van der Waals surface area (Å²) in [7, 11) is -6.93. The van der Waals surface area contributed by atoms with Gasteiger partial charge in [0.25, 0.3) is 0 Å². The second kappa shape index (κ2) is 7.95. The molecule has 1 aliphatic rings. The van der Waals surface area contributed by atoms with Gasteiger partial charge in [-0.2, -0.15) is 0 Å². The summed E-state index contributed by atoms with van der Waals surface area (Å²) in [5, 5.41) is 0. The van der Waals surface area contributed by atoms with E-state index >= 15 is 0 Å². The number of rotatable bonds is 7. The Morgan fingerprint density at radius 3 is 2.08 bits per heavy atom. The zero-order valence-corrected chi connectivity index (χ0v) is 15.9. The molecule has 1 fully saturated rings. The van der Waals surface area contributed by atoms with Crippen LogP contribution in [-0.4, -0.2) is 54.2 Å². The molecule has 0 aliphatic carbocycles. The largest absolute Gasteiger partial charge is 0.303 e. The Morgan fingerprint density at radius 2 is 1.58 bits per heavy atom. The highest BCUT2D eigenvalue weighted by Crippen LogP contribution is 2.18. The molecule has 0 radical (unpaired) electrons. The van der Waals surface area contributed by atoms with E-state index in [-0.39, 0.29) is 9.79 Å². The lowest BCUT2D eigenvalue weighted by Gasteiger charge is -2.31. The van der Waals surface area contributed by atoms with Crippen LogP contribution in [0.4, 0.5) is 0 Å². The topological polar surface area (TPSA) is 83.6 Å². The summed E-state index contributed by atoms with van der Waals surface area (Å²) >= 11 is 0. The van der Waals surface area contributed by atoms with Crippen molar-refractivity contribution in [3.63, 3.8) is 0 Å². The molecular weight excluding hydrogens is 348 g/mol. The lowest BCUT2D eigenvalue weighted by atomic mass is 9.97. The van der Waals surface area contributed by atoms with Crippen molar-refractivity contribution in [3.8, 4) is 0 Å².